The molecule has 132 valence electrons. The predicted octanol–water partition coefficient (Wildman–Crippen LogP) is 6.84. The lowest BCUT2D eigenvalue weighted by atomic mass is 9.84. The van der Waals surface area contributed by atoms with E-state index in [1.807, 2.05) is 17.3 Å². The molecule has 0 saturated heterocycles. The molecule has 3 heteroatoms. The molecule has 3 aromatic carbocycles. The minimum absolute atomic E-state index is 0.323. The van der Waals surface area contributed by atoms with Crippen molar-refractivity contribution in [2.45, 2.75) is 4.75 Å². The summed E-state index contributed by atoms with van der Waals surface area (Å²) in [5.41, 5.74) is 6.64. The summed E-state index contributed by atoms with van der Waals surface area (Å²) in [7, 11) is 0. The maximum Gasteiger partial charge on any atom is 0.0948 e. The van der Waals surface area contributed by atoms with Crippen molar-refractivity contribution >= 4 is 29.2 Å². The fourth-order valence-electron chi connectivity index (χ4n) is 3.23. The Labute approximate surface area is 168 Å². The topological polar surface area (TPSA) is 12.9 Å². The van der Waals surface area contributed by atoms with E-state index in [4.69, 9.17) is 0 Å². The molecule has 0 N–H and O–H groups in total. The van der Waals surface area contributed by atoms with Gasteiger partial charge in [0, 0.05) is 5.38 Å². The Morgan fingerprint density at radius 2 is 1.19 bits per heavy atom. The molecule has 0 aliphatic heterocycles. The fraction of sp³-hybridized carbons (Fsp3) is 0.0417. The predicted molar refractivity (Wildman–Crippen MR) is 118 cm³/mol. The normalized spacial score (nSPS) is 11.7. The van der Waals surface area contributed by atoms with Gasteiger partial charge < -0.3 is 0 Å². The molecule has 0 bridgehead atoms. The second-order valence-electron chi connectivity index (χ2n) is 6.11. The molecule has 4 rings (SSSR count). The van der Waals surface area contributed by atoms with Crippen molar-refractivity contribution in [2.75, 3.05) is 0 Å². The molecule has 0 spiro atoms. The summed E-state index contributed by atoms with van der Waals surface area (Å²) in [5.74, 6) is 0. The van der Waals surface area contributed by atoms with E-state index in [-0.39, 0.29) is 4.75 Å². The van der Waals surface area contributed by atoms with Gasteiger partial charge in [0.05, 0.1) is 16.0 Å². The van der Waals surface area contributed by atoms with Crippen LogP contribution in [0, 0.1) is 0 Å². The van der Waals surface area contributed by atoms with E-state index in [1.165, 1.54) is 16.7 Å². The lowest BCUT2D eigenvalue weighted by Gasteiger charge is -2.34. The maximum absolute atomic E-state index is 4.37. The van der Waals surface area contributed by atoms with Crippen molar-refractivity contribution in [3.8, 4) is 0 Å². The molecule has 0 radical (unpaired) electrons. The van der Waals surface area contributed by atoms with Crippen LogP contribution in [0.25, 0.3) is 6.08 Å². The number of rotatable bonds is 6. The Hall–Kier alpha value is -2.62. The van der Waals surface area contributed by atoms with Crippen molar-refractivity contribution in [2.24, 2.45) is 0 Å². The van der Waals surface area contributed by atoms with Gasteiger partial charge in [-0.05, 0) is 28.2 Å². The van der Waals surface area contributed by atoms with E-state index in [2.05, 4.69) is 113 Å². The van der Waals surface area contributed by atoms with E-state index >= 15 is 0 Å². The lowest BCUT2D eigenvalue weighted by molar-refractivity contribution is 0.900. The standard InChI is InChI=1S/C24H19NS2/c1-4-10-20(11-5-1)24(21-12-6-2-7-13-21,22-14-8-3-9-15-22)27-17-16-23-18-26-19-25-23/h1-19H. The molecule has 1 aromatic heterocycles. The second-order valence-corrected chi connectivity index (χ2v) is 7.95. The van der Waals surface area contributed by atoms with Gasteiger partial charge in [-0.2, -0.15) is 0 Å². The Kier molecular flexibility index (Phi) is 5.52. The minimum Gasteiger partial charge on any atom is -0.245 e. The average molecular weight is 386 g/mol. The number of nitrogens with zero attached hydrogens (tertiary/aromatic N) is 1. The van der Waals surface area contributed by atoms with Crippen molar-refractivity contribution in [3.63, 3.8) is 0 Å². The molecule has 0 atom stereocenters. The molecule has 1 heterocycles. The summed E-state index contributed by atoms with van der Waals surface area (Å²) < 4.78 is -0.323. The molecule has 0 saturated carbocycles. The van der Waals surface area contributed by atoms with Crippen molar-refractivity contribution in [1.82, 2.24) is 4.98 Å². The van der Waals surface area contributed by atoms with Gasteiger partial charge in [0.2, 0.25) is 0 Å². The first-order chi connectivity index (χ1) is 13.4. The van der Waals surface area contributed by atoms with E-state index in [9.17, 15) is 0 Å². The van der Waals surface area contributed by atoms with Gasteiger partial charge in [-0.25, -0.2) is 4.98 Å². The van der Waals surface area contributed by atoms with Crippen LogP contribution in [0.1, 0.15) is 22.4 Å². The van der Waals surface area contributed by atoms with Crippen LogP contribution in [-0.4, -0.2) is 4.98 Å². The zero-order valence-electron chi connectivity index (χ0n) is 14.7. The molecule has 1 nitrogen and oxygen atoms in total. The summed E-state index contributed by atoms with van der Waals surface area (Å²) in [6.07, 6.45) is 2.09. The monoisotopic (exact) mass is 385 g/mol. The second kappa shape index (κ2) is 8.38. The maximum atomic E-state index is 4.37. The number of benzene rings is 3. The molecule has 4 aromatic rings. The summed E-state index contributed by atoms with van der Waals surface area (Å²) >= 11 is 3.43. The molecule has 0 aliphatic carbocycles. The molecule has 0 fully saturated rings. The Balaban J connectivity index is 1.89. The van der Waals surface area contributed by atoms with Crippen molar-refractivity contribution in [1.29, 1.82) is 0 Å². The largest absolute Gasteiger partial charge is 0.245 e. The summed E-state index contributed by atoms with van der Waals surface area (Å²) in [6, 6.07) is 32.2. The molecule has 0 aliphatic rings. The zero-order valence-corrected chi connectivity index (χ0v) is 16.4. The first-order valence-electron chi connectivity index (χ1n) is 8.79. The minimum atomic E-state index is -0.323. The summed E-state index contributed by atoms with van der Waals surface area (Å²) in [6.45, 7) is 0. The molecule has 27 heavy (non-hydrogen) atoms. The van der Waals surface area contributed by atoms with Gasteiger partial charge in [0.15, 0.2) is 0 Å². The molecule has 0 unspecified atom stereocenters. The highest BCUT2D eigenvalue weighted by Crippen LogP contribution is 2.49. The van der Waals surface area contributed by atoms with Crippen LogP contribution in [0.2, 0.25) is 0 Å². The van der Waals surface area contributed by atoms with E-state index in [0.29, 0.717) is 0 Å². The van der Waals surface area contributed by atoms with Crippen LogP contribution in [-0.2, 0) is 4.75 Å². The number of hydrogen-bond donors (Lipinski definition) is 0. The van der Waals surface area contributed by atoms with Crippen LogP contribution in [0.3, 0.4) is 0 Å². The van der Waals surface area contributed by atoms with Gasteiger partial charge in [-0.15, -0.1) is 23.1 Å². The van der Waals surface area contributed by atoms with E-state index < -0.39 is 0 Å². The first-order valence-corrected chi connectivity index (χ1v) is 10.6. The number of thioether (sulfide) groups is 1. The van der Waals surface area contributed by atoms with E-state index in [1.54, 1.807) is 11.3 Å². The van der Waals surface area contributed by atoms with Crippen LogP contribution in [0.5, 0.6) is 0 Å². The molecular weight excluding hydrogens is 366 g/mol. The van der Waals surface area contributed by atoms with Crippen LogP contribution >= 0.6 is 23.1 Å². The molecule has 0 amide bonds. The third kappa shape index (κ3) is 3.75. The van der Waals surface area contributed by atoms with Gasteiger partial charge in [0.25, 0.3) is 0 Å². The average Bonchev–Trinajstić information content (AvgIpc) is 3.27. The third-order valence-electron chi connectivity index (χ3n) is 4.48. The van der Waals surface area contributed by atoms with Gasteiger partial charge >= 0.3 is 0 Å². The van der Waals surface area contributed by atoms with Crippen molar-refractivity contribution in [3.05, 3.63) is 130 Å². The third-order valence-corrected chi connectivity index (χ3v) is 6.41. The van der Waals surface area contributed by atoms with Gasteiger partial charge in [-0.3, -0.25) is 0 Å². The van der Waals surface area contributed by atoms with Crippen LogP contribution in [0.4, 0.5) is 0 Å². The highest BCUT2D eigenvalue weighted by atomic mass is 32.2. The SMILES string of the molecule is C(=Cc1cscn1)SC(c1ccccc1)(c1ccccc1)c1ccccc1. The zero-order chi connectivity index (χ0) is 18.4. The van der Waals surface area contributed by atoms with Gasteiger partial charge in [0.1, 0.15) is 0 Å². The number of hydrogen-bond acceptors (Lipinski definition) is 3. The molecular formula is C24H19NS2. The quantitative estimate of drug-likeness (QED) is 0.337. The Morgan fingerprint density at radius 1 is 0.704 bits per heavy atom. The smallest absolute Gasteiger partial charge is 0.0948 e. The lowest BCUT2D eigenvalue weighted by Crippen LogP contribution is -2.24. The highest BCUT2D eigenvalue weighted by Gasteiger charge is 2.36. The van der Waals surface area contributed by atoms with Crippen LogP contribution in [0.15, 0.2) is 107 Å². The van der Waals surface area contributed by atoms with Crippen LogP contribution < -0.4 is 0 Å². The Bertz CT molecular complexity index is 882. The van der Waals surface area contributed by atoms with Gasteiger partial charge in [-0.1, -0.05) is 91.0 Å². The number of thiazole rings is 1. The highest BCUT2D eigenvalue weighted by molar-refractivity contribution is 8.03. The summed E-state index contributed by atoms with van der Waals surface area (Å²) in [5, 5.41) is 4.23. The number of aromatic nitrogens is 1. The summed E-state index contributed by atoms with van der Waals surface area (Å²) in [4.78, 5) is 4.37. The van der Waals surface area contributed by atoms with E-state index in [0.717, 1.165) is 5.69 Å². The fourth-order valence-corrected chi connectivity index (χ4v) is 4.98. The Morgan fingerprint density at radius 3 is 1.59 bits per heavy atom. The van der Waals surface area contributed by atoms with Crippen molar-refractivity contribution < 1.29 is 0 Å². The first kappa shape index (κ1) is 17.8.